The van der Waals surface area contributed by atoms with Gasteiger partial charge in [-0.15, -0.1) is 0 Å². The van der Waals surface area contributed by atoms with Gasteiger partial charge >= 0.3 is 6.16 Å². The first-order valence-electron chi connectivity index (χ1n) is 10.3. The molecule has 1 aliphatic rings. The molecule has 1 aliphatic heterocycles. The molecule has 32 heavy (non-hydrogen) atoms. The fraction of sp³-hybridized carbons (Fsp3) is 0.435. The van der Waals surface area contributed by atoms with Crippen LogP contribution in [0.2, 0.25) is 0 Å². The molecule has 1 N–H and O–H groups in total. The van der Waals surface area contributed by atoms with Crippen molar-refractivity contribution in [3.63, 3.8) is 0 Å². The molecule has 1 heterocycles. The molecule has 1 fully saturated rings. The molecule has 3 rings (SSSR count). The molecule has 0 bridgehead atoms. The number of ether oxygens (including phenoxy) is 2. The summed E-state index contributed by atoms with van der Waals surface area (Å²) in [5.74, 6) is 0.126. The number of halogens is 1. The SMILES string of the molecule is CC(C)(CCc1cccc(OC2CCN(c3ccc(S(C)(=O)=O)cc3F)C2)c1)OC(=O)O. The summed E-state index contributed by atoms with van der Waals surface area (Å²) in [7, 11) is -3.46. The number of benzene rings is 2. The van der Waals surface area contributed by atoms with Gasteiger partial charge in [0, 0.05) is 19.2 Å². The lowest BCUT2D eigenvalue weighted by Gasteiger charge is -2.23. The minimum atomic E-state index is -3.46. The highest BCUT2D eigenvalue weighted by Gasteiger charge is 2.27. The van der Waals surface area contributed by atoms with E-state index in [0.29, 0.717) is 43.8 Å². The van der Waals surface area contributed by atoms with E-state index in [1.165, 1.54) is 12.1 Å². The van der Waals surface area contributed by atoms with Gasteiger partial charge in [0.15, 0.2) is 9.84 Å². The number of carboxylic acid groups (broad SMARTS) is 1. The van der Waals surface area contributed by atoms with Crippen LogP contribution in [0.3, 0.4) is 0 Å². The summed E-state index contributed by atoms with van der Waals surface area (Å²) in [5, 5.41) is 8.82. The Kier molecular flexibility index (Phi) is 6.97. The number of sulfone groups is 1. The molecule has 2 aromatic carbocycles. The first kappa shape index (κ1) is 23.8. The third-order valence-electron chi connectivity index (χ3n) is 5.41. The van der Waals surface area contributed by atoms with Crippen LogP contribution in [-0.2, 0) is 21.0 Å². The third kappa shape index (κ3) is 6.35. The number of aryl methyl sites for hydroxylation is 1. The number of carbonyl (C=O) groups is 1. The molecule has 7 nitrogen and oxygen atoms in total. The summed E-state index contributed by atoms with van der Waals surface area (Å²) in [6, 6.07) is 11.6. The molecule has 2 aromatic rings. The maximum absolute atomic E-state index is 14.5. The molecule has 0 saturated carbocycles. The zero-order valence-corrected chi connectivity index (χ0v) is 19.2. The van der Waals surface area contributed by atoms with Crippen molar-refractivity contribution in [1.82, 2.24) is 0 Å². The first-order chi connectivity index (χ1) is 14.9. The van der Waals surface area contributed by atoms with Crippen molar-refractivity contribution in [3.8, 4) is 5.75 Å². The van der Waals surface area contributed by atoms with E-state index in [1.54, 1.807) is 13.8 Å². The van der Waals surface area contributed by atoms with Crippen molar-refractivity contribution in [1.29, 1.82) is 0 Å². The molecular weight excluding hydrogens is 437 g/mol. The van der Waals surface area contributed by atoms with E-state index in [4.69, 9.17) is 14.6 Å². The second-order valence-electron chi connectivity index (χ2n) is 8.64. The normalized spacial score (nSPS) is 16.8. The van der Waals surface area contributed by atoms with Crippen molar-refractivity contribution < 1.29 is 32.2 Å². The van der Waals surface area contributed by atoms with Gasteiger partial charge < -0.3 is 19.5 Å². The number of hydrogen-bond donors (Lipinski definition) is 1. The topological polar surface area (TPSA) is 93.1 Å². The summed E-state index contributed by atoms with van der Waals surface area (Å²) >= 11 is 0. The van der Waals surface area contributed by atoms with Gasteiger partial charge in [0.25, 0.3) is 0 Å². The van der Waals surface area contributed by atoms with Crippen molar-refractivity contribution in [2.75, 3.05) is 24.2 Å². The average Bonchev–Trinajstić information content (AvgIpc) is 3.13. The lowest BCUT2D eigenvalue weighted by molar-refractivity contribution is -0.000749. The van der Waals surface area contributed by atoms with Crippen LogP contribution in [0.15, 0.2) is 47.4 Å². The summed E-state index contributed by atoms with van der Waals surface area (Å²) in [5.41, 5.74) is 0.575. The maximum atomic E-state index is 14.5. The maximum Gasteiger partial charge on any atom is 0.506 e. The highest BCUT2D eigenvalue weighted by atomic mass is 32.2. The zero-order valence-electron chi connectivity index (χ0n) is 18.4. The standard InChI is InChI=1S/C23H28FNO6S/c1-23(2,31-22(26)27)11-9-16-5-4-6-17(13-16)30-18-10-12-25(15-18)21-8-7-19(14-20(21)24)32(3,28)29/h4-8,13-14,18H,9-12,15H2,1-3H3,(H,26,27). The van der Waals surface area contributed by atoms with Gasteiger partial charge in [0.2, 0.25) is 0 Å². The van der Waals surface area contributed by atoms with Gasteiger partial charge in [0.05, 0.1) is 17.1 Å². The lowest BCUT2D eigenvalue weighted by Crippen LogP contribution is -2.27. The number of rotatable bonds is 8. The van der Waals surface area contributed by atoms with Crippen LogP contribution in [0, 0.1) is 5.82 Å². The molecule has 1 atom stereocenters. The van der Waals surface area contributed by atoms with E-state index in [1.807, 2.05) is 29.2 Å². The molecule has 0 spiro atoms. The molecule has 1 unspecified atom stereocenters. The van der Waals surface area contributed by atoms with Crippen LogP contribution in [0.1, 0.15) is 32.3 Å². The Labute approximate surface area is 187 Å². The van der Waals surface area contributed by atoms with Crippen LogP contribution in [0.5, 0.6) is 5.75 Å². The molecule has 174 valence electrons. The van der Waals surface area contributed by atoms with Gasteiger partial charge in [0.1, 0.15) is 23.3 Å². The quantitative estimate of drug-likeness (QED) is 0.581. The number of nitrogens with zero attached hydrogens (tertiary/aromatic N) is 1. The number of hydrogen-bond acceptors (Lipinski definition) is 6. The van der Waals surface area contributed by atoms with Crippen LogP contribution in [0.25, 0.3) is 0 Å². The highest BCUT2D eigenvalue weighted by molar-refractivity contribution is 7.90. The van der Waals surface area contributed by atoms with E-state index in [0.717, 1.165) is 17.9 Å². The Balaban J connectivity index is 1.60. The predicted molar refractivity (Wildman–Crippen MR) is 119 cm³/mol. The molecular formula is C23H28FNO6S. The lowest BCUT2D eigenvalue weighted by atomic mass is 9.98. The Hall–Kier alpha value is -2.81. The summed E-state index contributed by atoms with van der Waals surface area (Å²) in [6.07, 6.45) is 1.49. The Morgan fingerprint density at radius 1 is 1.25 bits per heavy atom. The average molecular weight is 466 g/mol. The van der Waals surface area contributed by atoms with Crippen LogP contribution < -0.4 is 9.64 Å². The summed E-state index contributed by atoms with van der Waals surface area (Å²) in [6.45, 7) is 4.55. The molecule has 0 aliphatic carbocycles. The van der Waals surface area contributed by atoms with E-state index < -0.39 is 27.4 Å². The molecule has 0 radical (unpaired) electrons. The van der Waals surface area contributed by atoms with Crippen LogP contribution in [-0.4, -0.2) is 50.7 Å². The van der Waals surface area contributed by atoms with Gasteiger partial charge in [-0.1, -0.05) is 12.1 Å². The molecule has 0 aromatic heterocycles. The van der Waals surface area contributed by atoms with E-state index in [-0.39, 0.29) is 11.0 Å². The van der Waals surface area contributed by atoms with Crippen LogP contribution in [0.4, 0.5) is 14.9 Å². The van der Waals surface area contributed by atoms with Crippen LogP contribution >= 0.6 is 0 Å². The Bertz CT molecular complexity index is 1090. The van der Waals surface area contributed by atoms with Gasteiger partial charge in [-0.2, -0.15) is 0 Å². The van der Waals surface area contributed by atoms with E-state index >= 15 is 0 Å². The predicted octanol–water partition coefficient (Wildman–Crippen LogP) is 4.29. The minimum absolute atomic E-state index is 0.0421. The molecule has 1 saturated heterocycles. The monoisotopic (exact) mass is 465 g/mol. The second kappa shape index (κ2) is 9.36. The Morgan fingerprint density at radius 2 is 2.00 bits per heavy atom. The van der Waals surface area contributed by atoms with Gasteiger partial charge in [-0.25, -0.2) is 17.6 Å². The largest absolute Gasteiger partial charge is 0.506 e. The van der Waals surface area contributed by atoms with E-state index in [2.05, 4.69) is 0 Å². The highest BCUT2D eigenvalue weighted by Crippen LogP contribution is 2.28. The van der Waals surface area contributed by atoms with Crippen molar-refractivity contribution in [2.24, 2.45) is 0 Å². The Morgan fingerprint density at radius 3 is 2.66 bits per heavy atom. The first-order valence-corrected chi connectivity index (χ1v) is 12.2. The van der Waals surface area contributed by atoms with Gasteiger partial charge in [-0.05, 0) is 62.6 Å². The summed E-state index contributed by atoms with van der Waals surface area (Å²) in [4.78, 5) is 12.6. The van der Waals surface area contributed by atoms with Gasteiger partial charge in [-0.3, -0.25) is 0 Å². The molecule has 0 amide bonds. The molecule has 9 heteroatoms. The number of anilines is 1. The van der Waals surface area contributed by atoms with E-state index in [9.17, 15) is 17.6 Å². The fourth-order valence-corrected chi connectivity index (χ4v) is 4.35. The van der Waals surface area contributed by atoms with Crippen molar-refractivity contribution in [3.05, 3.63) is 53.8 Å². The second-order valence-corrected chi connectivity index (χ2v) is 10.7. The fourth-order valence-electron chi connectivity index (χ4n) is 3.72. The van der Waals surface area contributed by atoms with Crippen molar-refractivity contribution >= 4 is 21.7 Å². The van der Waals surface area contributed by atoms with Crippen molar-refractivity contribution in [2.45, 2.75) is 49.7 Å². The smallest absolute Gasteiger partial charge is 0.489 e. The minimum Gasteiger partial charge on any atom is -0.489 e. The third-order valence-corrected chi connectivity index (χ3v) is 6.52. The zero-order chi connectivity index (χ0) is 23.5. The summed E-state index contributed by atoms with van der Waals surface area (Å²) < 4.78 is 48.7.